The quantitative estimate of drug-likeness (QED) is 0.503. The van der Waals surface area contributed by atoms with E-state index in [9.17, 15) is 0 Å². The molecular weight excluding hydrogens is 146 g/mol. The van der Waals surface area contributed by atoms with E-state index in [1.807, 2.05) is 0 Å². The van der Waals surface area contributed by atoms with E-state index in [1.54, 1.807) is 0 Å². The Morgan fingerprint density at radius 3 is 2.14 bits per heavy atom. The molecule has 40 valence electrons. The third kappa shape index (κ3) is 1.51. The van der Waals surface area contributed by atoms with Gasteiger partial charge in [0.2, 0.25) is 0 Å². The second-order valence-corrected chi connectivity index (χ2v) is 3.13. The van der Waals surface area contributed by atoms with Gasteiger partial charge in [-0.2, -0.15) is 0 Å². The van der Waals surface area contributed by atoms with Crippen molar-refractivity contribution in [3.63, 3.8) is 0 Å². The topological polar surface area (TPSA) is 9.23 Å². The monoisotopic (exact) mass is 156 g/mol. The zero-order valence-electron chi connectivity index (χ0n) is 4.81. The van der Waals surface area contributed by atoms with E-state index in [2.05, 4.69) is 0 Å². The van der Waals surface area contributed by atoms with Crippen molar-refractivity contribution < 1.29 is 3.53 Å². The Balaban J connectivity index is 2.14. The van der Waals surface area contributed by atoms with Gasteiger partial charge in [-0.3, -0.25) is 0 Å². The second kappa shape index (κ2) is 2.80. The van der Waals surface area contributed by atoms with Crippen molar-refractivity contribution in [2.24, 2.45) is 0 Å². The van der Waals surface area contributed by atoms with Crippen molar-refractivity contribution in [2.75, 3.05) is 0 Å². The van der Waals surface area contributed by atoms with Crippen LogP contribution in [0.4, 0.5) is 0 Å². The van der Waals surface area contributed by atoms with Crippen LogP contribution < -0.4 is 0 Å². The normalized spacial score (nSPS) is 23.4. The van der Waals surface area contributed by atoms with Crippen LogP contribution in [0.5, 0.6) is 0 Å². The van der Waals surface area contributed by atoms with E-state index >= 15 is 0 Å². The van der Waals surface area contributed by atoms with E-state index in [4.69, 9.17) is 3.53 Å². The van der Waals surface area contributed by atoms with Crippen LogP contribution in [0, 0.1) is 0 Å². The summed E-state index contributed by atoms with van der Waals surface area (Å²) in [6.45, 7) is 0. The summed E-state index contributed by atoms with van der Waals surface area (Å²) in [5, 5.41) is 0. The molecule has 0 amide bonds. The fraction of sp³-hybridized carbons (Fsp3) is 1.00. The molecule has 1 nitrogen and oxygen atoms in total. The Morgan fingerprint density at radius 1 is 1.29 bits per heavy atom. The molecule has 0 radical (unpaired) electrons. The first-order valence-corrected chi connectivity index (χ1v) is 4.67. The van der Waals surface area contributed by atoms with E-state index in [0.29, 0.717) is 25.1 Å². The Hall–Kier alpha value is 0.596. The second-order valence-electron chi connectivity index (χ2n) is 2.14. The van der Waals surface area contributed by atoms with Gasteiger partial charge in [-0.1, -0.05) is 0 Å². The van der Waals surface area contributed by atoms with Crippen molar-refractivity contribution in [2.45, 2.75) is 31.8 Å². The molecule has 0 aromatic rings. The molecule has 0 atom stereocenters. The van der Waals surface area contributed by atoms with Crippen LogP contribution in [0.25, 0.3) is 0 Å². The third-order valence-corrected chi connectivity index (χ3v) is 3.03. The maximum atomic E-state index is 5.30. The van der Waals surface area contributed by atoms with Gasteiger partial charge >= 0.3 is 54.3 Å². The summed E-state index contributed by atoms with van der Waals surface area (Å²) in [7, 11) is 0. The molecule has 0 N–H and O–H groups in total. The summed E-state index contributed by atoms with van der Waals surface area (Å²) in [6.07, 6.45) is 6.16. The average molecular weight is 157 g/mol. The number of hydrogen-bond donors (Lipinski definition) is 0. The van der Waals surface area contributed by atoms with Gasteiger partial charge in [0.25, 0.3) is 0 Å². The van der Waals surface area contributed by atoms with Crippen molar-refractivity contribution >= 4 is 19.0 Å². The fourth-order valence-electron chi connectivity index (χ4n) is 1.12. The van der Waals surface area contributed by atoms with Crippen LogP contribution in [0.3, 0.4) is 0 Å². The van der Waals surface area contributed by atoms with E-state index in [-0.39, 0.29) is 0 Å². The molecule has 1 aliphatic rings. The third-order valence-electron chi connectivity index (χ3n) is 1.64. The summed E-state index contributed by atoms with van der Waals surface area (Å²) in [4.78, 5) is 0. The zero-order valence-corrected chi connectivity index (χ0v) is 9.01. The first-order valence-electron chi connectivity index (χ1n) is 2.96. The maximum absolute atomic E-state index is 5.30. The zero-order chi connectivity index (χ0) is 5.11. The van der Waals surface area contributed by atoms with Gasteiger partial charge in [0.15, 0.2) is 0 Å². The Bertz CT molecular complexity index is 50.0. The number of rotatable bonds is 1. The van der Waals surface area contributed by atoms with Gasteiger partial charge in [-0.25, -0.2) is 0 Å². The predicted molar refractivity (Wildman–Crippen MR) is 31.9 cm³/mol. The summed E-state index contributed by atoms with van der Waals surface area (Å²) in [6, 6.07) is 0. The molecule has 0 aromatic heterocycles. The van der Waals surface area contributed by atoms with Gasteiger partial charge < -0.3 is 0 Å². The van der Waals surface area contributed by atoms with Gasteiger partial charge in [-0.05, 0) is 0 Å². The van der Waals surface area contributed by atoms with Gasteiger partial charge in [0, 0.05) is 0 Å². The fourth-order valence-corrected chi connectivity index (χ4v) is 2.11. The van der Waals surface area contributed by atoms with Crippen LogP contribution in [0.2, 0.25) is 0 Å². The van der Waals surface area contributed by atoms with Crippen LogP contribution in [0.1, 0.15) is 25.7 Å². The number of hydrogen-bond acceptors (Lipinski definition) is 1. The Kier molecular flexibility index (Phi) is 2.29. The SMILES string of the molecule is [GaH2][O]C1CCCC1. The van der Waals surface area contributed by atoms with Gasteiger partial charge in [0.1, 0.15) is 0 Å². The molecule has 0 aromatic carbocycles. The van der Waals surface area contributed by atoms with E-state index in [0.717, 1.165) is 0 Å². The summed E-state index contributed by atoms with van der Waals surface area (Å²) in [5.41, 5.74) is 0. The van der Waals surface area contributed by atoms with Crippen molar-refractivity contribution in [1.82, 2.24) is 0 Å². The molecule has 7 heavy (non-hydrogen) atoms. The first kappa shape index (κ1) is 5.73. The molecule has 1 aliphatic carbocycles. The molecule has 0 spiro atoms. The van der Waals surface area contributed by atoms with Crippen molar-refractivity contribution in [3.05, 3.63) is 0 Å². The summed E-state index contributed by atoms with van der Waals surface area (Å²) in [5.74, 6) is 0. The first-order chi connectivity index (χ1) is 3.43. The van der Waals surface area contributed by atoms with E-state index < -0.39 is 0 Å². The van der Waals surface area contributed by atoms with Crippen LogP contribution in [-0.4, -0.2) is 25.1 Å². The molecular formula is C5H11GaO. The molecule has 2 heteroatoms. The van der Waals surface area contributed by atoms with Crippen molar-refractivity contribution in [3.8, 4) is 0 Å². The summed E-state index contributed by atoms with van der Waals surface area (Å²) >= 11 is 0.627. The Morgan fingerprint density at radius 2 is 1.86 bits per heavy atom. The minimum atomic E-state index is 0.627. The molecule has 0 unspecified atom stereocenters. The van der Waals surface area contributed by atoms with Crippen LogP contribution in [0.15, 0.2) is 0 Å². The Labute approximate surface area is 54.8 Å². The predicted octanol–water partition coefficient (Wildman–Crippen LogP) is 0.494. The molecule has 1 saturated carbocycles. The standard InChI is InChI=1S/C5H9O.Ga.2H/c6-5-3-1-2-4-5;;;/h5H,1-4H2;;;/q-1;+1;;. The molecule has 1 rings (SSSR count). The molecule has 1 fully saturated rings. The molecule has 0 bridgehead atoms. The average Bonchev–Trinajstić information content (AvgIpc) is 2.14. The summed E-state index contributed by atoms with van der Waals surface area (Å²) < 4.78 is 5.30. The van der Waals surface area contributed by atoms with Crippen LogP contribution in [-0.2, 0) is 3.53 Å². The van der Waals surface area contributed by atoms with Crippen LogP contribution >= 0.6 is 0 Å². The molecule has 0 aliphatic heterocycles. The van der Waals surface area contributed by atoms with Gasteiger partial charge in [0.05, 0.1) is 0 Å². The minimum absolute atomic E-state index is 0.627. The molecule has 0 heterocycles. The van der Waals surface area contributed by atoms with Gasteiger partial charge in [-0.15, -0.1) is 0 Å². The van der Waals surface area contributed by atoms with E-state index in [1.165, 1.54) is 25.7 Å². The molecule has 0 saturated heterocycles. The van der Waals surface area contributed by atoms with Crippen molar-refractivity contribution in [1.29, 1.82) is 0 Å².